The maximum absolute atomic E-state index is 12.6. The van der Waals surface area contributed by atoms with E-state index in [-0.39, 0.29) is 23.6 Å². The molecule has 2 aromatic heterocycles. The van der Waals surface area contributed by atoms with Crippen molar-refractivity contribution in [1.29, 1.82) is 0 Å². The van der Waals surface area contributed by atoms with Crippen LogP contribution in [0.25, 0.3) is 11.8 Å². The maximum Gasteiger partial charge on any atom is 0.336 e. The minimum absolute atomic E-state index is 0.0169. The smallest absolute Gasteiger partial charge is 0.336 e. The van der Waals surface area contributed by atoms with E-state index in [9.17, 15) is 29.8 Å². The van der Waals surface area contributed by atoms with Gasteiger partial charge >= 0.3 is 17.6 Å². The zero-order valence-corrected chi connectivity index (χ0v) is 25.6. The van der Waals surface area contributed by atoms with Crippen molar-refractivity contribution < 1.29 is 33.3 Å². The first-order valence-electron chi connectivity index (χ1n) is 14.3. The number of ether oxygens (including phenoxy) is 2. The summed E-state index contributed by atoms with van der Waals surface area (Å²) in [5, 5.41) is 26.5. The molecule has 5 rings (SSSR count). The number of carbonyl (C=O) groups excluding carboxylic acids is 2. The predicted molar refractivity (Wildman–Crippen MR) is 174 cm³/mol. The van der Waals surface area contributed by atoms with E-state index >= 15 is 0 Å². The highest BCUT2D eigenvalue weighted by atomic mass is 16.6. The van der Waals surface area contributed by atoms with Crippen LogP contribution in [0.4, 0.5) is 11.4 Å². The van der Waals surface area contributed by atoms with Gasteiger partial charge in [-0.15, -0.1) is 0 Å². The first-order valence-corrected chi connectivity index (χ1v) is 14.3. The van der Waals surface area contributed by atoms with Crippen molar-refractivity contribution in [2.45, 2.75) is 20.5 Å². The molecule has 1 amide bonds. The van der Waals surface area contributed by atoms with Gasteiger partial charge in [-0.3, -0.25) is 25.0 Å². The molecule has 0 radical (unpaired) electrons. The molecular formula is C34H27N5O9. The Kier molecular flexibility index (Phi) is 9.84. The number of nitro groups is 2. The van der Waals surface area contributed by atoms with Gasteiger partial charge in [0.15, 0.2) is 5.76 Å². The Morgan fingerprint density at radius 2 is 1.65 bits per heavy atom. The van der Waals surface area contributed by atoms with E-state index in [1.54, 1.807) is 6.07 Å². The molecule has 14 nitrogen and oxygen atoms in total. The summed E-state index contributed by atoms with van der Waals surface area (Å²) in [4.78, 5) is 46.5. The zero-order valence-electron chi connectivity index (χ0n) is 25.6. The molecule has 5 aromatic rings. The van der Waals surface area contributed by atoms with Crippen LogP contribution in [0.15, 0.2) is 107 Å². The molecule has 0 atom stereocenters. The quantitative estimate of drug-likeness (QED) is 0.0396. The number of hydrazone groups is 1. The molecule has 242 valence electrons. The standard InChI is InChI=1S/C34H27N5O9/c1-22-9-10-23(2)37(22)26-12-14-28(15-13-26)46-21-29-16-17-31(47-29)34(41)36-35-20-25-6-4-8-30(39(44)45)33(25)48-32(40)18-11-24-5-3-7-27(19-24)38(42)43/h3-20H,21H2,1-2H3,(H,36,41)/b18-11+,35-20+. The Labute approximate surface area is 272 Å². The summed E-state index contributed by atoms with van der Waals surface area (Å²) in [5.41, 5.74) is 5.16. The van der Waals surface area contributed by atoms with Gasteiger partial charge in [-0.25, -0.2) is 10.2 Å². The van der Waals surface area contributed by atoms with Gasteiger partial charge in [0.05, 0.1) is 16.1 Å². The molecule has 0 bridgehead atoms. The number of rotatable bonds is 12. The lowest BCUT2D eigenvalue weighted by Crippen LogP contribution is -2.17. The highest BCUT2D eigenvalue weighted by molar-refractivity contribution is 5.95. The highest BCUT2D eigenvalue weighted by Gasteiger charge is 2.21. The summed E-state index contributed by atoms with van der Waals surface area (Å²) in [6, 6.07) is 24.1. The second-order valence-electron chi connectivity index (χ2n) is 10.3. The summed E-state index contributed by atoms with van der Waals surface area (Å²) in [6.45, 7) is 4.13. The largest absolute Gasteiger partial charge is 0.486 e. The fourth-order valence-electron chi connectivity index (χ4n) is 4.65. The number of nitro benzene ring substituents is 2. The molecule has 0 aliphatic carbocycles. The third-order valence-corrected chi connectivity index (χ3v) is 6.92. The van der Waals surface area contributed by atoms with E-state index in [2.05, 4.69) is 15.1 Å². The van der Waals surface area contributed by atoms with E-state index in [0.29, 0.717) is 17.1 Å². The molecule has 0 fully saturated rings. The molecular weight excluding hydrogens is 622 g/mol. The molecule has 0 spiro atoms. The Morgan fingerprint density at radius 1 is 0.917 bits per heavy atom. The van der Waals surface area contributed by atoms with Gasteiger partial charge in [0.25, 0.3) is 5.69 Å². The van der Waals surface area contributed by atoms with E-state index in [1.165, 1.54) is 48.5 Å². The number of benzene rings is 3. The monoisotopic (exact) mass is 649 g/mol. The average molecular weight is 650 g/mol. The molecule has 0 saturated heterocycles. The number of nitrogens with one attached hydrogen (secondary N) is 1. The zero-order chi connectivity index (χ0) is 34.2. The van der Waals surface area contributed by atoms with Gasteiger partial charge in [-0.1, -0.05) is 18.2 Å². The number of aromatic nitrogens is 1. The van der Waals surface area contributed by atoms with Crippen molar-refractivity contribution in [2.24, 2.45) is 5.10 Å². The molecule has 0 saturated carbocycles. The van der Waals surface area contributed by atoms with Crippen molar-refractivity contribution in [3.8, 4) is 17.2 Å². The molecule has 2 heterocycles. The summed E-state index contributed by atoms with van der Waals surface area (Å²) in [5.74, 6) is -1.17. The molecule has 0 aliphatic rings. The van der Waals surface area contributed by atoms with Crippen LogP contribution in [-0.2, 0) is 11.4 Å². The van der Waals surface area contributed by atoms with Gasteiger partial charge in [-0.2, -0.15) is 5.10 Å². The Balaban J connectivity index is 1.20. The highest BCUT2D eigenvalue weighted by Crippen LogP contribution is 2.30. The molecule has 14 heteroatoms. The topological polar surface area (TPSA) is 181 Å². The van der Waals surface area contributed by atoms with Crippen LogP contribution in [0.2, 0.25) is 0 Å². The van der Waals surface area contributed by atoms with Crippen LogP contribution >= 0.6 is 0 Å². The SMILES string of the molecule is Cc1ccc(C)n1-c1ccc(OCc2ccc(C(=O)N/N=C/c3cccc([N+](=O)[O-])c3OC(=O)/C=C/c3cccc([N+](=O)[O-])c3)o2)cc1. The molecule has 1 N–H and O–H groups in total. The number of para-hydroxylation sites is 1. The summed E-state index contributed by atoms with van der Waals surface area (Å²) >= 11 is 0. The van der Waals surface area contributed by atoms with Crippen LogP contribution in [0.5, 0.6) is 11.5 Å². The van der Waals surface area contributed by atoms with E-state index in [1.807, 2.05) is 50.2 Å². The average Bonchev–Trinajstić information content (AvgIpc) is 3.69. The molecule has 0 aliphatic heterocycles. The Morgan fingerprint density at radius 3 is 2.35 bits per heavy atom. The van der Waals surface area contributed by atoms with Crippen molar-refractivity contribution in [3.05, 3.63) is 151 Å². The van der Waals surface area contributed by atoms with Gasteiger partial charge in [-0.05, 0) is 80.1 Å². The van der Waals surface area contributed by atoms with Crippen LogP contribution in [0, 0.1) is 34.1 Å². The third kappa shape index (κ3) is 7.87. The molecule has 0 unspecified atom stereocenters. The van der Waals surface area contributed by atoms with Crippen molar-refractivity contribution >= 4 is 35.5 Å². The van der Waals surface area contributed by atoms with Gasteiger partial charge in [0.2, 0.25) is 5.75 Å². The van der Waals surface area contributed by atoms with Crippen molar-refractivity contribution in [1.82, 2.24) is 9.99 Å². The van der Waals surface area contributed by atoms with Crippen molar-refractivity contribution in [2.75, 3.05) is 0 Å². The first kappa shape index (κ1) is 32.6. The number of aryl methyl sites for hydroxylation is 2. The predicted octanol–water partition coefficient (Wildman–Crippen LogP) is 6.47. The minimum atomic E-state index is -0.984. The second kappa shape index (κ2) is 14.5. The number of carbonyl (C=O) groups is 2. The third-order valence-electron chi connectivity index (χ3n) is 6.92. The number of nitrogens with zero attached hydrogens (tertiary/aromatic N) is 4. The van der Waals surface area contributed by atoms with Gasteiger partial charge in [0, 0.05) is 46.9 Å². The maximum atomic E-state index is 12.6. The molecule has 3 aromatic carbocycles. The van der Waals surface area contributed by atoms with E-state index in [0.717, 1.165) is 35.4 Å². The summed E-state index contributed by atoms with van der Waals surface area (Å²) < 4.78 is 18.7. The number of amides is 1. The minimum Gasteiger partial charge on any atom is -0.486 e. The van der Waals surface area contributed by atoms with Crippen LogP contribution in [0.1, 0.15) is 38.8 Å². The number of esters is 1. The van der Waals surface area contributed by atoms with Crippen LogP contribution < -0.4 is 14.9 Å². The first-order chi connectivity index (χ1) is 23.1. The number of hydrogen-bond donors (Lipinski definition) is 1. The normalized spacial score (nSPS) is 11.1. The van der Waals surface area contributed by atoms with Crippen LogP contribution in [0.3, 0.4) is 0 Å². The lowest BCUT2D eigenvalue weighted by molar-refractivity contribution is -0.385. The second-order valence-corrected chi connectivity index (χ2v) is 10.3. The van der Waals surface area contributed by atoms with Gasteiger partial charge < -0.3 is 18.5 Å². The van der Waals surface area contributed by atoms with E-state index in [4.69, 9.17) is 13.9 Å². The number of furan rings is 1. The van der Waals surface area contributed by atoms with E-state index < -0.39 is 33.2 Å². The van der Waals surface area contributed by atoms with Gasteiger partial charge in [0.1, 0.15) is 18.1 Å². The summed E-state index contributed by atoms with van der Waals surface area (Å²) in [6.07, 6.45) is 3.31. The lowest BCUT2D eigenvalue weighted by atomic mass is 10.2. The Hall–Kier alpha value is -6.83. The lowest BCUT2D eigenvalue weighted by Gasteiger charge is -2.10. The van der Waals surface area contributed by atoms with Crippen LogP contribution in [-0.4, -0.2) is 32.5 Å². The number of hydrogen-bond acceptors (Lipinski definition) is 10. The Bertz CT molecular complexity index is 2040. The fourth-order valence-corrected chi connectivity index (χ4v) is 4.65. The number of non-ortho nitro benzene ring substituents is 1. The molecule has 48 heavy (non-hydrogen) atoms. The fraction of sp³-hybridized carbons (Fsp3) is 0.0882. The summed E-state index contributed by atoms with van der Waals surface area (Å²) in [7, 11) is 0. The van der Waals surface area contributed by atoms with Crippen molar-refractivity contribution in [3.63, 3.8) is 0 Å².